The van der Waals surface area contributed by atoms with Crippen LogP contribution in [-0.2, 0) is 9.53 Å². The number of ether oxygens (including phenoxy) is 1. The van der Waals surface area contributed by atoms with E-state index in [1.54, 1.807) is 6.92 Å². The van der Waals surface area contributed by atoms with Crippen LogP contribution in [0.2, 0.25) is 0 Å². The lowest BCUT2D eigenvalue weighted by Gasteiger charge is -2.30. The highest BCUT2D eigenvalue weighted by Crippen LogP contribution is 2.26. The largest absolute Gasteiger partial charge is 0.466 e. The van der Waals surface area contributed by atoms with Crippen LogP contribution in [0, 0.1) is 5.92 Å². The van der Waals surface area contributed by atoms with Gasteiger partial charge in [-0.2, -0.15) is 0 Å². The third-order valence-corrected chi connectivity index (χ3v) is 4.45. The van der Waals surface area contributed by atoms with Crippen LogP contribution >= 0.6 is 0 Å². The summed E-state index contributed by atoms with van der Waals surface area (Å²) in [7, 11) is 0. The SMILES string of the molecule is CCOC(=O)[C@@H]1CCCC[C@@H]1NC(=O)c1cc2ccccc2[nH]1. The summed E-state index contributed by atoms with van der Waals surface area (Å²) < 4.78 is 5.15. The van der Waals surface area contributed by atoms with Gasteiger partial charge in [-0.25, -0.2) is 0 Å². The van der Waals surface area contributed by atoms with E-state index < -0.39 is 0 Å². The van der Waals surface area contributed by atoms with Crippen LogP contribution in [0.3, 0.4) is 0 Å². The van der Waals surface area contributed by atoms with Crippen LogP contribution in [0.4, 0.5) is 0 Å². The Morgan fingerprint density at radius 2 is 2.04 bits per heavy atom. The average molecular weight is 314 g/mol. The number of aromatic nitrogens is 1. The lowest BCUT2D eigenvalue weighted by molar-refractivity contribution is -0.150. The molecular formula is C18H22N2O3. The molecule has 1 heterocycles. The van der Waals surface area contributed by atoms with Crippen molar-refractivity contribution in [2.75, 3.05) is 6.61 Å². The highest BCUT2D eigenvalue weighted by molar-refractivity contribution is 5.98. The number of rotatable bonds is 4. The summed E-state index contributed by atoms with van der Waals surface area (Å²) in [6.07, 6.45) is 3.61. The van der Waals surface area contributed by atoms with Crippen molar-refractivity contribution < 1.29 is 14.3 Å². The molecule has 1 saturated carbocycles. The molecule has 0 unspecified atom stereocenters. The number of para-hydroxylation sites is 1. The Bertz CT molecular complexity index is 674. The van der Waals surface area contributed by atoms with Crippen molar-refractivity contribution in [1.29, 1.82) is 0 Å². The number of fused-ring (bicyclic) bond motifs is 1. The van der Waals surface area contributed by atoms with Crippen LogP contribution in [-0.4, -0.2) is 29.5 Å². The van der Waals surface area contributed by atoms with E-state index in [9.17, 15) is 9.59 Å². The number of aromatic amines is 1. The molecule has 0 spiro atoms. The van der Waals surface area contributed by atoms with E-state index >= 15 is 0 Å². The van der Waals surface area contributed by atoms with Gasteiger partial charge >= 0.3 is 5.97 Å². The highest BCUT2D eigenvalue weighted by atomic mass is 16.5. The minimum absolute atomic E-state index is 0.151. The van der Waals surface area contributed by atoms with Crippen molar-refractivity contribution in [3.05, 3.63) is 36.0 Å². The molecule has 3 rings (SSSR count). The third kappa shape index (κ3) is 3.38. The van der Waals surface area contributed by atoms with Crippen LogP contribution in [0.15, 0.2) is 30.3 Å². The van der Waals surface area contributed by atoms with Gasteiger partial charge in [-0.05, 0) is 31.9 Å². The Morgan fingerprint density at radius 3 is 2.83 bits per heavy atom. The Labute approximate surface area is 135 Å². The van der Waals surface area contributed by atoms with Crippen molar-refractivity contribution >= 4 is 22.8 Å². The standard InChI is InChI=1S/C18H22N2O3/c1-2-23-18(22)13-8-4-6-10-15(13)20-17(21)16-11-12-7-3-5-9-14(12)19-16/h3,5,7,9,11,13,15,19H,2,4,6,8,10H2,1H3,(H,20,21)/t13-,15+/m1/s1. The monoisotopic (exact) mass is 314 g/mol. The molecule has 1 aliphatic carbocycles. The first-order valence-electron chi connectivity index (χ1n) is 8.24. The zero-order valence-electron chi connectivity index (χ0n) is 13.3. The topological polar surface area (TPSA) is 71.2 Å². The Morgan fingerprint density at radius 1 is 1.26 bits per heavy atom. The van der Waals surface area contributed by atoms with E-state index in [2.05, 4.69) is 10.3 Å². The molecule has 23 heavy (non-hydrogen) atoms. The molecule has 1 aromatic heterocycles. The first-order valence-corrected chi connectivity index (χ1v) is 8.24. The summed E-state index contributed by atoms with van der Waals surface area (Å²) in [5.74, 6) is -0.603. The quantitative estimate of drug-likeness (QED) is 0.852. The van der Waals surface area contributed by atoms with Gasteiger partial charge in [0.05, 0.1) is 12.5 Å². The zero-order valence-corrected chi connectivity index (χ0v) is 13.3. The zero-order chi connectivity index (χ0) is 16.2. The second-order valence-electron chi connectivity index (χ2n) is 5.99. The fourth-order valence-electron chi connectivity index (χ4n) is 3.28. The van der Waals surface area contributed by atoms with Gasteiger partial charge in [0.1, 0.15) is 5.69 Å². The lowest BCUT2D eigenvalue weighted by Crippen LogP contribution is -2.45. The fourth-order valence-corrected chi connectivity index (χ4v) is 3.28. The van der Waals surface area contributed by atoms with Crippen molar-refractivity contribution in [1.82, 2.24) is 10.3 Å². The normalized spacial score (nSPS) is 21.1. The lowest BCUT2D eigenvalue weighted by atomic mass is 9.84. The predicted molar refractivity (Wildman–Crippen MR) is 88.1 cm³/mol. The van der Waals surface area contributed by atoms with E-state index in [0.717, 1.165) is 36.6 Å². The summed E-state index contributed by atoms with van der Waals surface area (Å²) in [5, 5.41) is 4.02. The summed E-state index contributed by atoms with van der Waals surface area (Å²) in [6.45, 7) is 2.18. The van der Waals surface area contributed by atoms with Crippen LogP contribution in [0.5, 0.6) is 0 Å². The molecule has 5 heteroatoms. The van der Waals surface area contributed by atoms with Crippen molar-refractivity contribution in [3.8, 4) is 0 Å². The maximum Gasteiger partial charge on any atom is 0.311 e. The van der Waals surface area contributed by atoms with E-state index in [1.807, 2.05) is 30.3 Å². The number of amides is 1. The number of hydrogen-bond donors (Lipinski definition) is 2. The smallest absolute Gasteiger partial charge is 0.311 e. The molecule has 0 saturated heterocycles. The second kappa shape index (κ2) is 6.86. The van der Waals surface area contributed by atoms with E-state index in [0.29, 0.717) is 12.3 Å². The minimum atomic E-state index is -0.239. The number of carbonyl (C=O) groups excluding carboxylic acids is 2. The van der Waals surface area contributed by atoms with Gasteiger partial charge in [-0.15, -0.1) is 0 Å². The maximum atomic E-state index is 12.5. The van der Waals surface area contributed by atoms with Crippen LogP contribution in [0.25, 0.3) is 10.9 Å². The fraction of sp³-hybridized carbons (Fsp3) is 0.444. The average Bonchev–Trinajstić information content (AvgIpc) is 3.00. The molecule has 5 nitrogen and oxygen atoms in total. The van der Waals surface area contributed by atoms with Crippen molar-refractivity contribution in [2.24, 2.45) is 5.92 Å². The minimum Gasteiger partial charge on any atom is -0.466 e. The highest BCUT2D eigenvalue weighted by Gasteiger charge is 2.33. The van der Waals surface area contributed by atoms with Gasteiger partial charge in [-0.1, -0.05) is 31.0 Å². The number of esters is 1. The molecule has 1 aromatic carbocycles. The van der Waals surface area contributed by atoms with E-state index in [1.165, 1.54) is 0 Å². The molecule has 0 aliphatic heterocycles. The first kappa shape index (κ1) is 15.6. The van der Waals surface area contributed by atoms with Crippen LogP contribution < -0.4 is 5.32 Å². The van der Waals surface area contributed by atoms with Gasteiger partial charge in [-0.3, -0.25) is 9.59 Å². The molecule has 122 valence electrons. The van der Waals surface area contributed by atoms with E-state index in [-0.39, 0.29) is 23.8 Å². The summed E-state index contributed by atoms with van der Waals surface area (Å²) >= 11 is 0. The Balaban J connectivity index is 1.73. The number of H-pyrrole nitrogens is 1. The van der Waals surface area contributed by atoms with E-state index in [4.69, 9.17) is 4.74 Å². The first-order chi connectivity index (χ1) is 11.2. The number of benzene rings is 1. The summed E-state index contributed by atoms with van der Waals surface area (Å²) in [6, 6.07) is 9.46. The van der Waals surface area contributed by atoms with Crippen molar-refractivity contribution in [3.63, 3.8) is 0 Å². The van der Waals surface area contributed by atoms with Gasteiger partial charge < -0.3 is 15.0 Å². The van der Waals surface area contributed by atoms with Crippen molar-refractivity contribution in [2.45, 2.75) is 38.6 Å². The molecule has 1 fully saturated rings. The van der Waals surface area contributed by atoms with Gasteiger partial charge in [0.15, 0.2) is 0 Å². The molecule has 2 N–H and O–H groups in total. The number of hydrogen-bond acceptors (Lipinski definition) is 3. The van der Waals surface area contributed by atoms with Gasteiger partial charge in [0, 0.05) is 16.9 Å². The molecule has 1 amide bonds. The number of nitrogens with one attached hydrogen (secondary N) is 2. The predicted octanol–water partition coefficient (Wildman–Crippen LogP) is 3.02. The maximum absolute atomic E-state index is 12.5. The molecule has 1 aliphatic rings. The van der Waals surface area contributed by atoms with Gasteiger partial charge in [0.25, 0.3) is 5.91 Å². The molecule has 0 bridgehead atoms. The Hall–Kier alpha value is -2.30. The summed E-state index contributed by atoms with van der Waals surface area (Å²) in [5.41, 5.74) is 1.46. The molecular weight excluding hydrogens is 292 g/mol. The second-order valence-corrected chi connectivity index (χ2v) is 5.99. The number of carbonyl (C=O) groups is 2. The van der Waals surface area contributed by atoms with Crippen LogP contribution in [0.1, 0.15) is 43.1 Å². The third-order valence-electron chi connectivity index (χ3n) is 4.45. The molecule has 2 atom stereocenters. The summed E-state index contributed by atoms with van der Waals surface area (Å²) in [4.78, 5) is 27.7. The molecule has 2 aromatic rings. The van der Waals surface area contributed by atoms with Gasteiger partial charge in [0.2, 0.25) is 0 Å². The Kier molecular flexibility index (Phi) is 4.65. The molecule has 0 radical (unpaired) electrons.